The summed E-state index contributed by atoms with van der Waals surface area (Å²) in [6, 6.07) is 17.4. The van der Waals surface area contributed by atoms with E-state index in [9.17, 15) is 4.79 Å². The number of amides is 1. The zero-order valence-corrected chi connectivity index (χ0v) is 20.4. The van der Waals surface area contributed by atoms with Crippen LogP contribution in [0.3, 0.4) is 0 Å². The van der Waals surface area contributed by atoms with Crippen LogP contribution in [0, 0.1) is 6.92 Å². The van der Waals surface area contributed by atoms with Gasteiger partial charge in [0.15, 0.2) is 5.65 Å². The Balaban J connectivity index is 1.13. The highest BCUT2D eigenvalue weighted by Gasteiger charge is 2.18. The minimum Gasteiger partial charge on any atom is -0.369 e. The van der Waals surface area contributed by atoms with E-state index in [2.05, 4.69) is 36.5 Å². The van der Waals surface area contributed by atoms with Gasteiger partial charge in [-0.15, -0.1) is 5.10 Å². The fourth-order valence-electron chi connectivity index (χ4n) is 4.53. The average molecular weight is 490 g/mol. The normalized spacial score (nSPS) is 14.4. The van der Waals surface area contributed by atoms with Gasteiger partial charge in [0.2, 0.25) is 0 Å². The number of anilines is 1. The highest BCUT2D eigenvalue weighted by molar-refractivity contribution is 6.30. The number of piperazine rings is 1. The molecule has 9 heteroatoms. The number of nitrogens with one attached hydrogen (secondary N) is 1. The topological polar surface area (TPSA) is 79.2 Å². The van der Waals surface area contributed by atoms with Gasteiger partial charge >= 0.3 is 0 Å². The predicted molar refractivity (Wildman–Crippen MR) is 138 cm³/mol. The molecule has 0 unspecified atom stereocenters. The van der Waals surface area contributed by atoms with Crippen molar-refractivity contribution in [2.24, 2.45) is 0 Å². The molecule has 35 heavy (non-hydrogen) atoms. The number of halogens is 1. The van der Waals surface area contributed by atoms with Crippen LogP contribution in [0.4, 0.5) is 5.69 Å². The number of carbonyl (C=O) groups is 1. The number of hydrogen-bond acceptors (Lipinski definition) is 6. The number of carbonyl (C=O) groups excluding carboxylic acids is 1. The molecule has 1 saturated heterocycles. The number of fused-ring (bicyclic) bond motifs is 1. The molecule has 4 aromatic rings. The Bertz CT molecular complexity index is 1330. The summed E-state index contributed by atoms with van der Waals surface area (Å²) in [4.78, 5) is 22.1. The monoisotopic (exact) mass is 489 g/mol. The maximum atomic E-state index is 12.9. The van der Waals surface area contributed by atoms with Crippen LogP contribution < -0.4 is 10.2 Å². The lowest BCUT2D eigenvalue weighted by molar-refractivity contribution is 0.0951. The molecule has 0 spiro atoms. The molecule has 2 aromatic heterocycles. The number of benzene rings is 2. The third-order valence-electron chi connectivity index (χ3n) is 6.47. The highest BCUT2D eigenvalue weighted by Crippen LogP contribution is 2.22. The molecule has 0 radical (unpaired) electrons. The van der Waals surface area contributed by atoms with Gasteiger partial charge in [0.1, 0.15) is 5.52 Å². The summed E-state index contributed by atoms with van der Waals surface area (Å²) in [6.07, 6.45) is 2.62. The van der Waals surface area contributed by atoms with Gasteiger partial charge in [-0.2, -0.15) is 4.68 Å². The van der Waals surface area contributed by atoms with Gasteiger partial charge in [0, 0.05) is 55.2 Å². The molecule has 1 fully saturated rings. The molecule has 0 saturated carbocycles. The SMILES string of the molecule is Cc1c(C(=O)NCCCN2CCN(c3cccc(Cl)c3)CC2)cccc1-n1nnc2cccnc21. The summed E-state index contributed by atoms with van der Waals surface area (Å²) in [5.74, 6) is -0.0764. The number of aromatic nitrogens is 4. The summed E-state index contributed by atoms with van der Waals surface area (Å²) in [5.41, 5.74) is 4.85. The zero-order valence-electron chi connectivity index (χ0n) is 19.7. The number of nitrogens with zero attached hydrogens (tertiary/aromatic N) is 6. The molecule has 1 amide bonds. The Morgan fingerprint density at radius 1 is 1.06 bits per heavy atom. The third-order valence-corrected chi connectivity index (χ3v) is 6.70. The van der Waals surface area contributed by atoms with E-state index in [1.807, 2.05) is 55.5 Å². The minimum absolute atomic E-state index is 0.0764. The lowest BCUT2D eigenvalue weighted by atomic mass is 10.1. The van der Waals surface area contributed by atoms with Crippen molar-refractivity contribution in [3.63, 3.8) is 0 Å². The molecule has 180 valence electrons. The molecule has 1 aliphatic rings. The van der Waals surface area contributed by atoms with Crippen LogP contribution >= 0.6 is 11.6 Å². The van der Waals surface area contributed by atoms with E-state index < -0.39 is 0 Å². The van der Waals surface area contributed by atoms with Crippen molar-refractivity contribution in [3.05, 3.63) is 76.9 Å². The van der Waals surface area contributed by atoms with Crippen LogP contribution in [0.5, 0.6) is 0 Å². The smallest absolute Gasteiger partial charge is 0.251 e. The first-order chi connectivity index (χ1) is 17.1. The molecule has 1 aliphatic heterocycles. The second-order valence-electron chi connectivity index (χ2n) is 8.72. The van der Waals surface area contributed by atoms with Crippen molar-refractivity contribution in [2.45, 2.75) is 13.3 Å². The Labute approximate surface area is 209 Å². The van der Waals surface area contributed by atoms with Crippen LogP contribution in [-0.4, -0.2) is 70.1 Å². The second kappa shape index (κ2) is 10.4. The highest BCUT2D eigenvalue weighted by atomic mass is 35.5. The van der Waals surface area contributed by atoms with E-state index in [0.29, 0.717) is 17.8 Å². The second-order valence-corrected chi connectivity index (χ2v) is 9.15. The molecule has 3 heterocycles. The fourth-order valence-corrected chi connectivity index (χ4v) is 4.71. The average Bonchev–Trinajstić information content (AvgIpc) is 3.31. The van der Waals surface area contributed by atoms with E-state index in [-0.39, 0.29) is 5.91 Å². The Kier molecular flexibility index (Phi) is 6.92. The predicted octanol–water partition coefficient (Wildman–Crippen LogP) is 3.72. The van der Waals surface area contributed by atoms with Gasteiger partial charge in [-0.3, -0.25) is 9.69 Å². The third kappa shape index (κ3) is 5.13. The number of hydrogen-bond donors (Lipinski definition) is 1. The Morgan fingerprint density at radius 3 is 2.71 bits per heavy atom. The fraction of sp³-hybridized carbons (Fsp3) is 0.308. The molecule has 0 aliphatic carbocycles. The largest absolute Gasteiger partial charge is 0.369 e. The minimum atomic E-state index is -0.0764. The van der Waals surface area contributed by atoms with Crippen molar-refractivity contribution in [1.82, 2.24) is 30.2 Å². The molecule has 2 aromatic carbocycles. The first-order valence-corrected chi connectivity index (χ1v) is 12.3. The quantitative estimate of drug-likeness (QED) is 0.399. The summed E-state index contributed by atoms with van der Waals surface area (Å²) < 4.78 is 1.69. The van der Waals surface area contributed by atoms with Crippen LogP contribution in [0.15, 0.2) is 60.8 Å². The van der Waals surface area contributed by atoms with Gasteiger partial charge in [0.25, 0.3) is 5.91 Å². The lowest BCUT2D eigenvalue weighted by Crippen LogP contribution is -2.47. The first-order valence-electron chi connectivity index (χ1n) is 11.9. The van der Waals surface area contributed by atoms with Crippen LogP contribution in [0.1, 0.15) is 22.3 Å². The molecule has 8 nitrogen and oxygen atoms in total. The summed E-state index contributed by atoms with van der Waals surface area (Å²) in [5, 5.41) is 12.3. The Morgan fingerprint density at radius 2 is 1.89 bits per heavy atom. The number of rotatable bonds is 7. The maximum absolute atomic E-state index is 12.9. The van der Waals surface area contributed by atoms with Gasteiger partial charge in [0.05, 0.1) is 5.69 Å². The van der Waals surface area contributed by atoms with Crippen LogP contribution in [-0.2, 0) is 0 Å². The lowest BCUT2D eigenvalue weighted by Gasteiger charge is -2.36. The van der Waals surface area contributed by atoms with Gasteiger partial charge < -0.3 is 10.2 Å². The van der Waals surface area contributed by atoms with Crippen molar-refractivity contribution in [1.29, 1.82) is 0 Å². The molecule has 0 atom stereocenters. The van der Waals surface area contributed by atoms with Gasteiger partial charge in [-0.05, 0) is 67.9 Å². The summed E-state index contributed by atoms with van der Waals surface area (Å²) in [7, 11) is 0. The van der Waals surface area contributed by atoms with Gasteiger partial charge in [-0.25, -0.2) is 4.98 Å². The van der Waals surface area contributed by atoms with E-state index in [1.54, 1.807) is 10.9 Å². The van der Waals surface area contributed by atoms with Gasteiger partial charge in [-0.1, -0.05) is 28.9 Å². The van der Waals surface area contributed by atoms with Crippen molar-refractivity contribution >= 4 is 34.4 Å². The number of pyridine rings is 1. The molecular weight excluding hydrogens is 462 g/mol. The zero-order chi connectivity index (χ0) is 24.2. The van der Waals surface area contributed by atoms with E-state index in [0.717, 1.165) is 60.9 Å². The standard InChI is InChI=1S/C26H28ClN7O/c1-19-22(8-3-10-24(19)34-25-23(30-31-34)9-4-11-28-25)26(35)29-12-5-13-32-14-16-33(17-15-32)21-7-2-6-20(27)18-21/h2-4,6-11,18H,5,12-17H2,1H3,(H,29,35). The molecule has 1 N–H and O–H groups in total. The van der Waals surface area contributed by atoms with E-state index in [1.165, 1.54) is 5.69 Å². The van der Waals surface area contributed by atoms with Crippen molar-refractivity contribution in [3.8, 4) is 5.69 Å². The van der Waals surface area contributed by atoms with Crippen LogP contribution in [0.25, 0.3) is 16.9 Å². The Hall–Kier alpha value is -3.49. The van der Waals surface area contributed by atoms with Crippen molar-refractivity contribution in [2.75, 3.05) is 44.2 Å². The molecule has 0 bridgehead atoms. The van der Waals surface area contributed by atoms with Crippen LogP contribution in [0.2, 0.25) is 5.02 Å². The van der Waals surface area contributed by atoms with Crippen molar-refractivity contribution < 1.29 is 4.79 Å². The molecular formula is C26H28ClN7O. The molecule has 5 rings (SSSR count). The first kappa shape index (κ1) is 23.3. The summed E-state index contributed by atoms with van der Waals surface area (Å²) in [6.45, 7) is 7.47. The van der Waals surface area contributed by atoms with E-state index >= 15 is 0 Å². The van der Waals surface area contributed by atoms with E-state index in [4.69, 9.17) is 11.6 Å². The summed E-state index contributed by atoms with van der Waals surface area (Å²) >= 11 is 6.13. The maximum Gasteiger partial charge on any atom is 0.251 e.